The average molecular weight is 318 g/mol. The summed E-state index contributed by atoms with van der Waals surface area (Å²) >= 11 is 0. The molecular weight excluding hydrogens is 296 g/mol. The van der Waals surface area contributed by atoms with Crippen LogP contribution in [-0.2, 0) is 0 Å². The second-order valence-corrected chi connectivity index (χ2v) is 5.82. The Morgan fingerprint density at radius 1 is 0.958 bits per heavy atom. The van der Waals surface area contributed by atoms with Crippen LogP contribution < -0.4 is 0 Å². The Balaban J connectivity index is 2.30. The smallest absolute Gasteiger partial charge is 0.254 e. The molecule has 24 heavy (non-hydrogen) atoms. The van der Waals surface area contributed by atoms with Crippen LogP contribution in [0, 0.1) is 6.92 Å². The van der Waals surface area contributed by atoms with Crippen molar-refractivity contribution in [2.75, 3.05) is 13.1 Å². The predicted molar refractivity (Wildman–Crippen MR) is 99.2 cm³/mol. The van der Waals surface area contributed by atoms with E-state index in [0.717, 1.165) is 33.3 Å². The molecule has 3 heteroatoms. The number of amides is 1. The van der Waals surface area contributed by atoms with Gasteiger partial charge in [-0.25, -0.2) is 4.98 Å². The molecule has 1 amide bonds. The van der Waals surface area contributed by atoms with Gasteiger partial charge in [0, 0.05) is 24.0 Å². The average Bonchev–Trinajstić information content (AvgIpc) is 2.63. The fourth-order valence-electron chi connectivity index (χ4n) is 3.13. The zero-order chi connectivity index (χ0) is 17.1. The summed E-state index contributed by atoms with van der Waals surface area (Å²) in [4.78, 5) is 19.8. The third kappa shape index (κ3) is 2.78. The summed E-state index contributed by atoms with van der Waals surface area (Å²) in [7, 11) is 0. The van der Waals surface area contributed by atoms with E-state index < -0.39 is 0 Å². The number of hydrogen-bond acceptors (Lipinski definition) is 2. The summed E-state index contributed by atoms with van der Waals surface area (Å²) < 4.78 is 0. The van der Waals surface area contributed by atoms with Gasteiger partial charge in [0.1, 0.15) is 0 Å². The monoisotopic (exact) mass is 318 g/mol. The van der Waals surface area contributed by atoms with Gasteiger partial charge in [0.2, 0.25) is 0 Å². The van der Waals surface area contributed by atoms with Crippen LogP contribution in [0.2, 0.25) is 0 Å². The molecule has 0 N–H and O–H groups in total. The van der Waals surface area contributed by atoms with Crippen LogP contribution in [0.1, 0.15) is 29.8 Å². The van der Waals surface area contributed by atoms with Crippen molar-refractivity contribution >= 4 is 16.8 Å². The van der Waals surface area contributed by atoms with Crippen molar-refractivity contribution in [2.45, 2.75) is 20.8 Å². The van der Waals surface area contributed by atoms with Crippen molar-refractivity contribution in [3.63, 3.8) is 0 Å². The minimum absolute atomic E-state index is 0.0771. The molecule has 0 spiro atoms. The molecule has 0 aliphatic heterocycles. The molecule has 0 saturated carbocycles. The Kier molecular flexibility index (Phi) is 4.61. The first-order chi connectivity index (χ1) is 11.7. The van der Waals surface area contributed by atoms with E-state index in [1.165, 1.54) is 0 Å². The Morgan fingerprint density at radius 2 is 1.58 bits per heavy atom. The molecule has 0 aliphatic carbocycles. The minimum atomic E-state index is 0.0771. The van der Waals surface area contributed by atoms with Gasteiger partial charge in [0.05, 0.1) is 16.8 Å². The van der Waals surface area contributed by atoms with Gasteiger partial charge in [-0.3, -0.25) is 4.79 Å². The van der Waals surface area contributed by atoms with Crippen LogP contribution in [0.3, 0.4) is 0 Å². The van der Waals surface area contributed by atoms with E-state index >= 15 is 0 Å². The first-order valence-electron chi connectivity index (χ1n) is 8.41. The van der Waals surface area contributed by atoms with E-state index in [0.29, 0.717) is 13.1 Å². The van der Waals surface area contributed by atoms with E-state index in [2.05, 4.69) is 0 Å². The molecule has 3 nitrogen and oxygen atoms in total. The number of carbonyl (C=O) groups is 1. The Labute approximate surface area is 143 Å². The molecule has 1 aromatic heterocycles. The summed E-state index contributed by atoms with van der Waals surface area (Å²) in [6.07, 6.45) is 0. The fraction of sp³-hybridized carbons (Fsp3) is 0.238. The van der Waals surface area contributed by atoms with E-state index in [-0.39, 0.29) is 5.91 Å². The number of carbonyl (C=O) groups excluding carboxylic acids is 1. The molecule has 122 valence electrons. The summed E-state index contributed by atoms with van der Waals surface area (Å²) in [6.45, 7) is 7.42. The SMILES string of the molecule is CCN(CC)C(=O)c1c(C)c(-c2ccccc2)nc2ccccc12. The molecule has 3 aromatic rings. The molecular formula is C21H22N2O. The summed E-state index contributed by atoms with van der Waals surface area (Å²) in [5.41, 5.74) is 4.48. The van der Waals surface area contributed by atoms with Crippen LogP contribution in [0.15, 0.2) is 54.6 Å². The summed E-state index contributed by atoms with van der Waals surface area (Å²) in [5, 5.41) is 0.923. The topological polar surface area (TPSA) is 33.2 Å². The van der Waals surface area contributed by atoms with Crippen molar-refractivity contribution in [3.05, 3.63) is 65.7 Å². The van der Waals surface area contributed by atoms with Gasteiger partial charge >= 0.3 is 0 Å². The molecule has 0 radical (unpaired) electrons. The number of aromatic nitrogens is 1. The summed E-state index contributed by atoms with van der Waals surface area (Å²) in [6, 6.07) is 17.9. The van der Waals surface area contributed by atoms with Crippen LogP contribution in [0.25, 0.3) is 22.2 Å². The van der Waals surface area contributed by atoms with E-state index in [4.69, 9.17) is 4.98 Å². The standard InChI is InChI=1S/C21H22N2O/c1-4-23(5-2)21(24)19-15(3)20(16-11-7-6-8-12-16)22-18-14-10-9-13-17(18)19/h6-14H,4-5H2,1-3H3. The minimum Gasteiger partial charge on any atom is -0.339 e. The van der Waals surface area contributed by atoms with Crippen molar-refractivity contribution in [1.29, 1.82) is 0 Å². The highest BCUT2D eigenvalue weighted by atomic mass is 16.2. The molecule has 0 bridgehead atoms. The maximum absolute atomic E-state index is 13.1. The van der Waals surface area contributed by atoms with Crippen LogP contribution in [0.5, 0.6) is 0 Å². The molecule has 0 unspecified atom stereocenters. The third-order valence-electron chi connectivity index (χ3n) is 4.45. The lowest BCUT2D eigenvalue weighted by molar-refractivity contribution is 0.0774. The number of rotatable bonds is 4. The Hall–Kier alpha value is -2.68. The maximum atomic E-state index is 13.1. The first kappa shape index (κ1) is 16.2. The van der Waals surface area contributed by atoms with Crippen LogP contribution in [-0.4, -0.2) is 28.9 Å². The molecule has 0 atom stereocenters. The first-order valence-corrected chi connectivity index (χ1v) is 8.41. The highest BCUT2D eigenvalue weighted by Gasteiger charge is 2.21. The number of hydrogen-bond donors (Lipinski definition) is 0. The van der Waals surface area contributed by atoms with E-state index in [1.807, 2.05) is 80.3 Å². The Bertz CT molecular complexity index is 868. The molecule has 1 heterocycles. The highest BCUT2D eigenvalue weighted by molar-refractivity contribution is 6.08. The number of pyridine rings is 1. The normalized spacial score (nSPS) is 10.8. The lowest BCUT2D eigenvalue weighted by Gasteiger charge is -2.22. The Morgan fingerprint density at radius 3 is 2.25 bits per heavy atom. The fourth-order valence-corrected chi connectivity index (χ4v) is 3.13. The number of nitrogens with zero attached hydrogens (tertiary/aromatic N) is 2. The number of benzene rings is 2. The van der Waals surface area contributed by atoms with Gasteiger partial charge in [-0.1, -0.05) is 48.5 Å². The maximum Gasteiger partial charge on any atom is 0.254 e. The molecule has 2 aromatic carbocycles. The van der Waals surface area contributed by atoms with Gasteiger partial charge in [0.25, 0.3) is 5.91 Å². The van der Waals surface area contributed by atoms with Gasteiger partial charge in [-0.05, 0) is 32.4 Å². The number of para-hydroxylation sites is 1. The zero-order valence-electron chi connectivity index (χ0n) is 14.4. The molecule has 0 fully saturated rings. The zero-order valence-corrected chi connectivity index (χ0v) is 14.4. The summed E-state index contributed by atoms with van der Waals surface area (Å²) in [5.74, 6) is 0.0771. The lowest BCUT2D eigenvalue weighted by atomic mass is 9.97. The van der Waals surface area contributed by atoms with Crippen molar-refractivity contribution in [3.8, 4) is 11.3 Å². The van der Waals surface area contributed by atoms with Crippen molar-refractivity contribution in [1.82, 2.24) is 9.88 Å². The quantitative estimate of drug-likeness (QED) is 0.699. The van der Waals surface area contributed by atoms with Gasteiger partial charge in [0.15, 0.2) is 0 Å². The van der Waals surface area contributed by atoms with Gasteiger partial charge in [-0.15, -0.1) is 0 Å². The van der Waals surface area contributed by atoms with Crippen molar-refractivity contribution < 1.29 is 4.79 Å². The largest absolute Gasteiger partial charge is 0.339 e. The highest BCUT2D eigenvalue weighted by Crippen LogP contribution is 2.30. The van der Waals surface area contributed by atoms with Crippen LogP contribution in [0.4, 0.5) is 0 Å². The molecule has 0 saturated heterocycles. The van der Waals surface area contributed by atoms with E-state index in [9.17, 15) is 4.79 Å². The van der Waals surface area contributed by atoms with Crippen molar-refractivity contribution in [2.24, 2.45) is 0 Å². The van der Waals surface area contributed by atoms with Gasteiger partial charge < -0.3 is 4.90 Å². The molecule has 3 rings (SSSR count). The lowest BCUT2D eigenvalue weighted by Crippen LogP contribution is -2.31. The van der Waals surface area contributed by atoms with Crippen LogP contribution >= 0.6 is 0 Å². The third-order valence-corrected chi connectivity index (χ3v) is 4.45. The van der Waals surface area contributed by atoms with Gasteiger partial charge in [-0.2, -0.15) is 0 Å². The molecule has 0 aliphatic rings. The second-order valence-electron chi connectivity index (χ2n) is 5.82. The second kappa shape index (κ2) is 6.83. The number of fused-ring (bicyclic) bond motifs is 1. The van der Waals surface area contributed by atoms with E-state index in [1.54, 1.807) is 0 Å². The predicted octanol–water partition coefficient (Wildman–Crippen LogP) is 4.69.